The summed E-state index contributed by atoms with van der Waals surface area (Å²) in [6.07, 6.45) is 3.15. The molecule has 3 heteroatoms. The average Bonchev–Trinajstić information content (AvgIpc) is 2.77. The maximum atomic E-state index is 12.7. The van der Waals surface area contributed by atoms with E-state index in [1.165, 1.54) is 12.1 Å². The van der Waals surface area contributed by atoms with Gasteiger partial charge in [-0.15, -0.1) is 0 Å². The van der Waals surface area contributed by atoms with Gasteiger partial charge in [0.1, 0.15) is 5.82 Å². The van der Waals surface area contributed by atoms with Gasteiger partial charge in [0.05, 0.1) is 0 Å². The van der Waals surface area contributed by atoms with Gasteiger partial charge < -0.3 is 4.90 Å². The van der Waals surface area contributed by atoms with Crippen LogP contribution in [-0.2, 0) is 0 Å². The van der Waals surface area contributed by atoms with Crippen LogP contribution in [0.2, 0.25) is 0 Å². The molecular weight excluding hydrogens is 205 g/mol. The number of nitrogens with zero attached hydrogens (tertiary/aromatic N) is 1. The van der Waals surface area contributed by atoms with Crippen LogP contribution in [0, 0.1) is 5.82 Å². The molecule has 1 aliphatic heterocycles. The first kappa shape index (κ1) is 11.1. The summed E-state index contributed by atoms with van der Waals surface area (Å²) in [5.74, 6) is -0.269. The molecule has 16 heavy (non-hydrogen) atoms. The van der Waals surface area contributed by atoms with Gasteiger partial charge in [-0.05, 0) is 43.5 Å². The Bertz CT molecular complexity index is 374. The number of rotatable bonds is 2. The van der Waals surface area contributed by atoms with Crippen LogP contribution in [0.3, 0.4) is 0 Å². The van der Waals surface area contributed by atoms with E-state index >= 15 is 0 Å². The van der Waals surface area contributed by atoms with E-state index in [2.05, 4.69) is 6.92 Å². The highest BCUT2D eigenvalue weighted by Gasteiger charge is 2.27. The standard InChI is InChI=1S/C13H16FNO/c1-2-12-4-3-9-15(12)13(16)10-5-7-11(14)8-6-10/h5-8,12H,2-4,9H2,1H3. The highest BCUT2D eigenvalue weighted by atomic mass is 19.1. The lowest BCUT2D eigenvalue weighted by Gasteiger charge is -2.23. The second kappa shape index (κ2) is 4.64. The van der Waals surface area contributed by atoms with Crippen molar-refractivity contribution >= 4 is 5.91 Å². The Morgan fingerprint density at radius 2 is 2.12 bits per heavy atom. The van der Waals surface area contributed by atoms with Crippen molar-refractivity contribution in [3.05, 3.63) is 35.6 Å². The summed E-state index contributed by atoms with van der Waals surface area (Å²) < 4.78 is 12.7. The molecular formula is C13H16FNO. The average molecular weight is 221 g/mol. The Kier molecular flexibility index (Phi) is 3.22. The smallest absolute Gasteiger partial charge is 0.254 e. The topological polar surface area (TPSA) is 20.3 Å². The van der Waals surface area contributed by atoms with Crippen molar-refractivity contribution < 1.29 is 9.18 Å². The van der Waals surface area contributed by atoms with Gasteiger partial charge in [-0.25, -0.2) is 4.39 Å². The van der Waals surface area contributed by atoms with Gasteiger partial charge >= 0.3 is 0 Å². The SMILES string of the molecule is CCC1CCCN1C(=O)c1ccc(F)cc1. The fourth-order valence-corrected chi connectivity index (χ4v) is 2.29. The van der Waals surface area contributed by atoms with E-state index in [-0.39, 0.29) is 11.7 Å². The monoisotopic (exact) mass is 221 g/mol. The van der Waals surface area contributed by atoms with Gasteiger partial charge in [-0.2, -0.15) is 0 Å². The molecule has 2 nitrogen and oxygen atoms in total. The third-order valence-electron chi connectivity index (χ3n) is 3.20. The molecule has 1 aromatic carbocycles. The maximum absolute atomic E-state index is 12.7. The Labute approximate surface area is 95.1 Å². The predicted molar refractivity (Wildman–Crippen MR) is 60.7 cm³/mol. The Balaban J connectivity index is 2.15. The van der Waals surface area contributed by atoms with Crippen molar-refractivity contribution in [1.29, 1.82) is 0 Å². The van der Waals surface area contributed by atoms with E-state index in [1.807, 2.05) is 4.90 Å². The van der Waals surface area contributed by atoms with Gasteiger partial charge in [-0.1, -0.05) is 6.92 Å². The number of halogens is 1. The first-order valence-corrected chi connectivity index (χ1v) is 5.79. The molecule has 0 aromatic heterocycles. The molecule has 0 bridgehead atoms. The summed E-state index contributed by atoms with van der Waals surface area (Å²) >= 11 is 0. The van der Waals surface area contributed by atoms with Gasteiger partial charge in [0.2, 0.25) is 0 Å². The van der Waals surface area contributed by atoms with Crippen LogP contribution in [0.15, 0.2) is 24.3 Å². The normalized spacial score (nSPS) is 20.1. The molecule has 0 spiro atoms. The van der Waals surface area contributed by atoms with Gasteiger partial charge in [0.25, 0.3) is 5.91 Å². The number of carbonyl (C=O) groups is 1. The quantitative estimate of drug-likeness (QED) is 0.752. The molecule has 2 rings (SSSR count). The van der Waals surface area contributed by atoms with Crippen LogP contribution in [0.5, 0.6) is 0 Å². The van der Waals surface area contributed by atoms with Crippen LogP contribution < -0.4 is 0 Å². The molecule has 1 aliphatic rings. The lowest BCUT2D eigenvalue weighted by atomic mass is 10.1. The molecule has 1 amide bonds. The highest BCUT2D eigenvalue weighted by molar-refractivity contribution is 5.94. The molecule has 0 saturated carbocycles. The van der Waals surface area contributed by atoms with E-state index in [4.69, 9.17) is 0 Å². The van der Waals surface area contributed by atoms with Gasteiger partial charge in [0.15, 0.2) is 0 Å². The summed E-state index contributed by atoms with van der Waals surface area (Å²) in [5.41, 5.74) is 0.585. The molecule has 1 heterocycles. The summed E-state index contributed by atoms with van der Waals surface area (Å²) in [6, 6.07) is 6.15. The minimum absolute atomic E-state index is 0.0318. The van der Waals surface area contributed by atoms with E-state index in [0.717, 1.165) is 25.8 Å². The number of benzene rings is 1. The van der Waals surface area contributed by atoms with Gasteiger partial charge in [0, 0.05) is 18.2 Å². The zero-order valence-corrected chi connectivity index (χ0v) is 9.45. The molecule has 1 atom stereocenters. The number of hydrogen-bond acceptors (Lipinski definition) is 1. The maximum Gasteiger partial charge on any atom is 0.254 e. The fraction of sp³-hybridized carbons (Fsp3) is 0.462. The molecule has 1 aromatic rings. The second-order valence-electron chi connectivity index (χ2n) is 4.21. The Morgan fingerprint density at radius 1 is 1.44 bits per heavy atom. The van der Waals surface area contributed by atoms with Crippen LogP contribution >= 0.6 is 0 Å². The number of carbonyl (C=O) groups excluding carboxylic acids is 1. The van der Waals surface area contributed by atoms with Crippen molar-refractivity contribution in [1.82, 2.24) is 4.90 Å². The summed E-state index contributed by atoms with van der Waals surface area (Å²) in [5, 5.41) is 0. The first-order chi connectivity index (χ1) is 7.72. The molecule has 0 aliphatic carbocycles. The van der Waals surface area contributed by atoms with E-state index in [1.54, 1.807) is 12.1 Å². The van der Waals surface area contributed by atoms with E-state index in [0.29, 0.717) is 11.6 Å². The van der Waals surface area contributed by atoms with Crippen LogP contribution in [0.1, 0.15) is 36.5 Å². The third kappa shape index (κ3) is 2.08. The third-order valence-corrected chi connectivity index (χ3v) is 3.20. The van der Waals surface area contributed by atoms with Crippen molar-refractivity contribution in [2.75, 3.05) is 6.54 Å². The molecule has 0 radical (unpaired) electrons. The minimum atomic E-state index is -0.301. The van der Waals surface area contributed by atoms with Crippen LogP contribution in [0.25, 0.3) is 0 Å². The summed E-state index contributed by atoms with van der Waals surface area (Å²) in [7, 11) is 0. The van der Waals surface area contributed by atoms with Crippen molar-refractivity contribution in [3.8, 4) is 0 Å². The second-order valence-corrected chi connectivity index (χ2v) is 4.21. The van der Waals surface area contributed by atoms with Gasteiger partial charge in [-0.3, -0.25) is 4.79 Å². The van der Waals surface area contributed by atoms with Crippen molar-refractivity contribution in [2.45, 2.75) is 32.2 Å². The van der Waals surface area contributed by atoms with Crippen LogP contribution in [-0.4, -0.2) is 23.4 Å². The number of likely N-dealkylation sites (tertiary alicyclic amines) is 1. The van der Waals surface area contributed by atoms with E-state index < -0.39 is 0 Å². The van der Waals surface area contributed by atoms with Crippen molar-refractivity contribution in [3.63, 3.8) is 0 Å². The zero-order chi connectivity index (χ0) is 11.5. The van der Waals surface area contributed by atoms with Crippen molar-refractivity contribution in [2.24, 2.45) is 0 Å². The number of hydrogen-bond donors (Lipinski definition) is 0. The Morgan fingerprint density at radius 3 is 2.75 bits per heavy atom. The molecule has 86 valence electrons. The lowest BCUT2D eigenvalue weighted by molar-refractivity contribution is 0.0733. The number of amides is 1. The lowest BCUT2D eigenvalue weighted by Crippen LogP contribution is -2.35. The molecule has 1 saturated heterocycles. The largest absolute Gasteiger partial charge is 0.336 e. The Hall–Kier alpha value is -1.38. The first-order valence-electron chi connectivity index (χ1n) is 5.79. The van der Waals surface area contributed by atoms with E-state index in [9.17, 15) is 9.18 Å². The molecule has 1 fully saturated rings. The van der Waals surface area contributed by atoms with Crippen LogP contribution in [0.4, 0.5) is 4.39 Å². The summed E-state index contributed by atoms with van der Waals surface area (Å²) in [6.45, 7) is 2.93. The molecule has 0 N–H and O–H groups in total. The zero-order valence-electron chi connectivity index (χ0n) is 9.45. The molecule has 1 unspecified atom stereocenters. The predicted octanol–water partition coefficient (Wildman–Crippen LogP) is 2.84. The summed E-state index contributed by atoms with van der Waals surface area (Å²) in [4.78, 5) is 14.0. The highest BCUT2D eigenvalue weighted by Crippen LogP contribution is 2.22. The fourth-order valence-electron chi connectivity index (χ4n) is 2.29. The minimum Gasteiger partial charge on any atom is -0.336 e.